The first-order valence-electron chi connectivity index (χ1n) is 6.26. The lowest BCUT2D eigenvalue weighted by Gasteiger charge is -2.24. The molecule has 112 valence electrons. The van der Waals surface area contributed by atoms with E-state index in [0.717, 1.165) is 5.69 Å². The maximum atomic E-state index is 8.60. The first-order chi connectivity index (χ1) is 9.53. The molecule has 0 radical (unpaired) electrons. The third-order valence-corrected chi connectivity index (χ3v) is 3.15. The largest absolute Gasteiger partial charge is 0.493 e. The van der Waals surface area contributed by atoms with Crippen LogP contribution in [0.25, 0.3) is 0 Å². The fourth-order valence-corrected chi connectivity index (χ4v) is 1.85. The van der Waals surface area contributed by atoms with Crippen molar-refractivity contribution in [2.24, 2.45) is 10.9 Å². The van der Waals surface area contributed by atoms with Gasteiger partial charge in [0.05, 0.1) is 14.2 Å². The minimum atomic E-state index is 0.101. The van der Waals surface area contributed by atoms with Crippen LogP contribution in [0.3, 0.4) is 0 Å². The molecule has 7 heteroatoms. The van der Waals surface area contributed by atoms with Crippen molar-refractivity contribution in [3.63, 3.8) is 0 Å². The molecule has 0 spiro atoms. The molecule has 0 saturated carbocycles. The van der Waals surface area contributed by atoms with E-state index >= 15 is 0 Å². The molecule has 1 aromatic heterocycles. The SMILES string of the molecule is COc1ccnc(CN(C)C(C)C/C(N)=N/O)c1OC. The zero-order valence-corrected chi connectivity index (χ0v) is 12.3. The van der Waals surface area contributed by atoms with Crippen molar-refractivity contribution in [1.82, 2.24) is 9.88 Å². The van der Waals surface area contributed by atoms with Crippen LogP contribution in [-0.4, -0.2) is 48.2 Å². The number of methoxy groups -OCH3 is 2. The van der Waals surface area contributed by atoms with Gasteiger partial charge >= 0.3 is 0 Å². The molecule has 7 nitrogen and oxygen atoms in total. The van der Waals surface area contributed by atoms with Gasteiger partial charge in [-0.1, -0.05) is 5.16 Å². The fourth-order valence-electron chi connectivity index (χ4n) is 1.85. The van der Waals surface area contributed by atoms with Gasteiger partial charge in [-0.3, -0.25) is 9.88 Å². The van der Waals surface area contributed by atoms with Crippen molar-refractivity contribution in [3.05, 3.63) is 18.0 Å². The summed E-state index contributed by atoms with van der Waals surface area (Å²) in [6, 6.07) is 1.85. The van der Waals surface area contributed by atoms with Gasteiger partial charge in [-0.15, -0.1) is 0 Å². The Morgan fingerprint density at radius 3 is 2.75 bits per heavy atom. The van der Waals surface area contributed by atoms with Gasteiger partial charge in [-0.25, -0.2) is 0 Å². The molecule has 0 aromatic carbocycles. The van der Waals surface area contributed by atoms with Crippen LogP contribution in [0.4, 0.5) is 0 Å². The van der Waals surface area contributed by atoms with E-state index in [1.54, 1.807) is 26.5 Å². The maximum Gasteiger partial charge on any atom is 0.183 e. The number of aromatic nitrogens is 1. The van der Waals surface area contributed by atoms with E-state index in [4.69, 9.17) is 20.4 Å². The Labute approximate surface area is 119 Å². The Morgan fingerprint density at radius 1 is 1.50 bits per heavy atom. The van der Waals surface area contributed by atoms with Crippen LogP contribution >= 0.6 is 0 Å². The number of oxime groups is 1. The summed E-state index contributed by atoms with van der Waals surface area (Å²) in [7, 11) is 5.12. The lowest BCUT2D eigenvalue weighted by Crippen LogP contribution is -2.33. The Morgan fingerprint density at radius 2 is 2.20 bits per heavy atom. The maximum absolute atomic E-state index is 8.60. The Bertz CT molecular complexity index is 465. The molecular weight excluding hydrogens is 260 g/mol. The van der Waals surface area contributed by atoms with Crippen LogP contribution in [0.1, 0.15) is 19.0 Å². The minimum absolute atomic E-state index is 0.101. The highest BCUT2D eigenvalue weighted by Crippen LogP contribution is 2.29. The van der Waals surface area contributed by atoms with Crippen LogP contribution in [0.2, 0.25) is 0 Å². The van der Waals surface area contributed by atoms with Gasteiger partial charge in [-0.05, 0) is 14.0 Å². The molecule has 1 unspecified atom stereocenters. The highest BCUT2D eigenvalue weighted by atomic mass is 16.5. The average Bonchev–Trinajstić information content (AvgIpc) is 2.46. The van der Waals surface area contributed by atoms with E-state index in [1.807, 2.05) is 18.9 Å². The Balaban J connectivity index is 2.82. The molecule has 0 aliphatic carbocycles. The molecule has 1 heterocycles. The van der Waals surface area contributed by atoms with Crippen molar-refractivity contribution in [2.75, 3.05) is 21.3 Å². The molecular formula is C13H22N4O3. The summed E-state index contributed by atoms with van der Waals surface area (Å²) in [5.41, 5.74) is 6.30. The van der Waals surface area contributed by atoms with Crippen LogP contribution in [0.15, 0.2) is 17.4 Å². The molecule has 1 rings (SSSR count). The first-order valence-corrected chi connectivity index (χ1v) is 6.26. The fraction of sp³-hybridized carbons (Fsp3) is 0.538. The topological polar surface area (TPSA) is 93.2 Å². The molecule has 0 saturated heterocycles. The number of pyridine rings is 1. The number of nitrogens with zero attached hydrogens (tertiary/aromatic N) is 3. The van der Waals surface area contributed by atoms with Gasteiger partial charge in [0.25, 0.3) is 0 Å². The van der Waals surface area contributed by atoms with Crippen molar-refractivity contribution in [1.29, 1.82) is 0 Å². The van der Waals surface area contributed by atoms with E-state index in [2.05, 4.69) is 10.1 Å². The third-order valence-electron chi connectivity index (χ3n) is 3.15. The van der Waals surface area contributed by atoms with Crippen LogP contribution in [0.5, 0.6) is 11.5 Å². The van der Waals surface area contributed by atoms with E-state index in [9.17, 15) is 0 Å². The lowest BCUT2D eigenvalue weighted by molar-refractivity contribution is 0.242. The van der Waals surface area contributed by atoms with Crippen LogP contribution in [-0.2, 0) is 6.54 Å². The molecule has 0 amide bonds. The third kappa shape index (κ3) is 3.99. The Hall–Kier alpha value is -2.02. The van der Waals surface area contributed by atoms with Crippen LogP contribution < -0.4 is 15.2 Å². The molecule has 0 fully saturated rings. The van der Waals surface area contributed by atoms with Gasteiger partial charge < -0.3 is 20.4 Å². The van der Waals surface area contributed by atoms with E-state index in [-0.39, 0.29) is 11.9 Å². The molecule has 0 aliphatic rings. The predicted molar refractivity (Wildman–Crippen MR) is 76.3 cm³/mol. The second-order valence-corrected chi connectivity index (χ2v) is 4.55. The predicted octanol–water partition coefficient (Wildman–Crippen LogP) is 1.06. The molecule has 1 aromatic rings. The van der Waals surface area contributed by atoms with Gasteiger partial charge in [0, 0.05) is 31.3 Å². The van der Waals surface area contributed by atoms with Gasteiger partial charge in [0.2, 0.25) is 0 Å². The highest BCUT2D eigenvalue weighted by Gasteiger charge is 2.17. The second-order valence-electron chi connectivity index (χ2n) is 4.55. The molecule has 3 N–H and O–H groups in total. The molecule has 0 bridgehead atoms. The van der Waals surface area contributed by atoms with Crippen LogP contribution in [0, 0.1) is 0 Å². The van der Waals surface area contributed by atoms with E-state index in [0.29, 0.717) is 24.5 Å². The lowest BCUT2D eigenvalue weighted by atomic mass is 10.2. The number of amidine groups is 1. The second kappa shape index (κ2) is 7.54. The van der Waals surface area contributed by atoms with Gasteiger partial charge in [0.1, 0.15) is 11.5 Å². The minimum Gasteiger partial charge on any atom is -0.493 e. The number of hydrogen-bond donors (Lipinski definition) is 2. The number of hydrogen-bond acceptors (Lipinski definition) is 6. The van der Waals surface area contributed by atoms with Crippen molar-refractivity contribution in [3.8, 4) is 11.5 Å². The summed E-state index contributed by atoms with van der Waals surface area (Å²) in [6.07, 6.45) is 2.15. The van der Waals surface area contributed by atoms with Crippen molar-refractivity contribution >= 4 is 5.84 Å². The number of nitrogens with two attached hydrogens (primary N) is 1. The summed E-state index contributed by atoms with van der Waals surface area (Å²) >= 11 is 0. The summed E-state index contributed by atoms with van der Waals surface area (Å²) in [4.78, 5) is 6.37. The van der Waals surface area contributed by atoms with E-state index in [1.165, 1.54) is 0 Å². The summed E-state index contributed by atoms with van der Waals surface area (Å²) < 4.78 is 10.6. The van der Waals surface area contributed by atoms with Gasteiger partial charge in [0.15, 0.2) is 11.5 Å². The smallest absolute Gasteiger partial charge is 0.183 e. The molecule has 0 aliphatic heterocycles. The summed E-state index contributed by atoms with van der Waals surface area (Å²) in [5, 5.41) is 11.6. The number of rotatable bonds is 7. The van der Waals surface area contributed by atoms with Crippen molar-refractivity contribution in [2.45, 2.75) is 25.9 Å². The molecule has 1 atom stereocenters. The monoisotopic (exact) mass is 282 g/mol. The number of ether oxygens (including phenoxy) is 2. The van der Waals surface area contributed by atoms with E-state index < -0.39 is 0 Å². The first kappa shape index (κ1) is 16.0. The summed E-state index contributed by atoms with van der Waals surface area (Å²) in [5.74, 6) is 1.47. The highest BCUT2D eigenvalue weighted by molar-refractivity contribution is 5.80. The average molecular weight is 282 g/mol. The quantitative estimate of drug-likeness (QED) is 0.336. The Kier molecular flexibility index (Phi) is 6.05. The zero-order valence-electron chi connectivity index (χ0n) is 12.3. The molecule has 20 heavy (non-hydrogen) atoms. The standard InChI is InChI=1S/C13H22N4O3/c1-9(7-12(14)16-18)17(2)8-10-13(20-4)11(19-3)5-6-15-10/h5-6,9,18H,7-8H2,1-4H3,(H2,14,16). The normalized spacial score (nSPS) is 13.3. The van der Waals surface area contributed by atoms with Gasteiger partial charge in [-0.2, -0.15) is 0 Å². The summed E-state index contributed by atoms with van der Waals surface area (Å²) in [6.45, 7) is 2.56. The van der Waals surface area contributed by atoms with Crippen molar-refractivity contribution < 1.29 is 14.7 Å². The zero-order chi connectivity index (χ0) is 15.1.